The number of pyridine rings is 1. The molecule has 0 bridgehead atoms. The Morgan fingerprint density at radius 3 is 2.81 bits per heavy atom. The van der Waals surface area contributed by atoms with Crippen LogP contribution in [0.5, 0.6) is 0 Å². The normalized spacial score (nSPS) is 17.0. The maximum atomic E-state index is 13.2. The molecular formula is C16H14F3N7. The van der Waals surface area contributed by atoms with Crippen LogP contribution >= 0.6 is 0 Å². The monoisotopic (exact) mass is 361 g/mol. The van der Waals surface area contributed by atoms with Gasteiger partial charge in [0.1, 0.15) is 23.7 Å². The van der Waals surface area contributed by atoms with E-state index in [0.29, 0.717) is 13.0 Å². The molecule has 7 nitrogen and oxygen atoms in total. The molecule has 0 spiro atoms. The van der Waals surface area contributed by atoms with Gasteiger partial charge in [0.2, 0.25) is 0 Å². The standard InChI is InChI=1S/C16H14F3N7/c17-16(18,19)12-7-13(25-15(24-12)11-3-1-2-6-20-11)23-10-4-5-14-21-9-22-26(14)8-10/h1-3,6-7,9-10H,4-5,8H2,(H,23,24,25). The average molecular weight is 361 g/mol. The Morgan fingerprint density at radius 2 is 2.04 bits per heavy atom. The van der Waals surface area contributed by atoms with Crippen molar-refractivity contribution in [2.75, 3.05) is 5.32 Å². The van der Waals surface area contributed by atoms with Gasteiger partial charge >= 0.3 is 6.18 Å². The smallest absolute Gasteiger partial charge is 0.365 e. The van der Waals surface area contributed by atoms with Crippen LogP contribution in [0, 0.1) is 0 Å². The second kappa shape index (κ2) is 6.36. The number of anilines is 1. The summed E-state index contributed by atoms with van der Waals surface area (Å²) in [6.07, 6.45) is -0.192. The highest BCUT2D eigenvalue weighted by molar-refractivity contribution is 5.53. The number of hydrogen-bond donors (Lipinski definition) is 1. The van der Waals surface area contributed by atoms with E-state index in [-0.39, 0.29) is 23.4 Å². The highest BCUT2D eigenvalue weighted by Crippen LogP contribution is 2.31. The van der Waals surface area contributed by atoms with Gasteiger partial charge in [-0.3, -0.25) is 4.98 Å². The lowest BCUT2D eigenvalue weighted by molar-refractivity contribution is -0.141. The first-order valence-corrected chi connectivity index (χ1v) is 8.00. The van der Waals surface area contributed by atoms with Crippen molar-refractivity contribution in [2.24, 2.45) is 0 Å². The number of halogens is 3. The molecule has 0 aromatic carbocycles. The van der Waals surface area contributed by atoms with Gasteiger partial charge in [-0.1, -0.05) is 6.07 Å². The van der Waals surface area contributed by atoms with Crippen molar-refractivity contribution in [3.8, 4) is 11.5 Å². The maximum Gasteiger partial charge on any atom is 0.433 e. The minimum Gasteiger partial charge on any atom is -0.365 e. The first-order valence-electron chi connectivity index (χ1n) is 8.00. The van der Waals surface area contributed by atoms with E-state index in [1.165, 1.54) is 12.5 Å². The third-order valence-electron chi connectivity index (χ3n) is 4.07. The molecule has 1 N–H and O–H groups in total. The summed E-state index contributed by atoms with van der Waals surface area (Å²) in [4.78, 5) is 16.0. The van der Waals surface area contributed by atoms with Gasteiger partial charge in [0.15, 0.2) is 11.5 Å². The fourth-order valence-electron chi connectivity index (χ4n) is 2.84. The summed E-state index contributed by atoms with van der Waals surface area (Å²) in [7, 11) is 0. The fraction of sp³-hybridized carbons (Fsp3) is 0.312. The van der Waals surface area contributed by atoms with E-state index >= 15 is 0 Å². The minimum absolute atomic E-state index is 0.0693. The zero-order valence-corrected chi connectivity index (χ0v) is 13.5. The zero-order valence-electron chi connectivity index (χ0n) is 13.5. The summed E-state index contributed by atoms with van der Waals surface area (Å²) in [6, 6.07) is 5.74. The van der Waals surface area contributed by atoms with Gasteiger partial charge in [-0.15, -0.1) is 0 Å². The van der Waals surface area contributed by atoms with E-state index in [4.69, 9.17) is 0 Å². The van der Waals surface area contributed by atoms with Gasteiger partial charge in [-0.05, 0) is 18.6 Å². The quantitative estimate of drug-likeness (QED) is 0.772. The van der Waals surface area contributed by atoms with Crippen molar-refractivity contribution in [1.82, 2.24) is 29.7 Å². The van der Waals surface area contributed by atoms with Crippen LogP contribution in [-0.2, 0) is 19.1 Å². The lowest BCUT2D eigenvalue weighted by Crippen LogP contribution is -2.32. The largest absolute Gasteiger partial charge is 0.433 e. The van der Waals surface area contributed by atoms with Crippen molar-refractivity contribution in [3.05, 3.63) is 48.3 Å². The molecule has 0 amide bonds. The lowest BCUT2D eigenvalue weighted by atomic mass is 10.1. The van der Waals surface area contributed by atoms with E-state index in [1.807, 2.05) is 0 Å². The van der Waals surface area contributed by atoms with E-state index in [9.17, 15) is 13.2 Å². The second-order valence-corrected chi connectivity index (χ2v) is 5.91. The molecule has 4 rings (SSSR count). The third-order valence-corrected chi connectivity index (χ3v) is 4.07. The lowest BCUT2D eigenvalue weighted by Gasteiger charge is -2.24. The van der Waals surface area contributed by atoms with Crippen LogP contribution in [0.1, 0.15) is 17.9 Å². The predicted octanol–water partition coefficient (Wildman–Crippen LogP) is 2.58. The Labute approximate surface area is 146 Å². The number of alkyl halides is 3. The van der Waals surface area contributed by atoms with Gasteiger partial charge in [0.05, 0.1) is 6.54 Å². The molecule has 0 radical (unpaired) electrons. The van der Waals surface area contributed by atoms with Gasteiger partial charge in [-0.2, -0.15) is 18.3 Å². The summed E-state index contributed by atoms with van der Waals surface area (Å²) in [6.45, 7) is 0.513. The molecule has 1 unspecified atom stereocenters. The number of nitrogens with zero attached hydrogens (tertiary/aromatic N) is 6. The Hall–Kier alpha value is -3.04. The molecular weight excluding hydrogens is 347 g/mol. The Kier molecular flexibility index (Phi) is 4.02. The van der Waals surface area contributed by atoms with Crippen molar-refractivity contribution in [3.63, 3.8) is 0 Å². The zero-order chi connectivity index (χ0) is 18.1. The van der Waals surface area contributed by atoms with Crippen LogP contribution < -0.4 is 5.32 Å². The molecule has 134 valence electrons. The van der Waals surface area contributed by atoms with Crippen LogP contribution in [-0.4, -0.2) is 35.8 Å². The molecule has 0 saturated heterocycles. The van der Waals surface area contributed by atoms with Crippen LogP contribution in [0.3, 0.4) is 0 Å². The Balaban J connectivity index is 1.65. The number of nitrogens with one attached hydrogen (secondary N) is 1. The summed E-state index contributed by atoms with van der Waals surface area (Å²) in [5.74, 6) is 0.914. The highest BCUT2D eigenvalue weighted by atomic mass is 19.4. The van der Waals surface area contributed by atoms with Gasteiger partial charge in [-0.25, -0.2) is 19.6 Å². The van der Waals surface area contributed by atoms with E-state index in [0.717, 1.165) is 18.3 Å². The van der Waals surface area contributed by atoms with Gasteiger partial charge in [0, 0.05) is 24.7 Å². The molecule has 1 aliphatic rings. The number of fused-ring (bicyclic) bond motifs is 1. The van der Waals surface area contributed by atoms with Crippen LogP contribution in [0.15, 0.2) is 36.8 Å². The summed E-state index contributed by atoms with van der Waals surface area (Å²) in [5, 5.41) is 7.18. The first-order chi connectivity index (χ1) is 12.5. The SMILES string of the molecule is FC(F)(F)c1cc(NC2CCc3ncnn3C2)nc(-c2ccccn2)n1. The molecule has 3 aromatic rings. The molecule has 1 aliphatic heterocycles. The number of hydrogen-bond acceptors (Lipinski definition) is 6. The highest BCUT2D eigenvalue weighted by Gasteiger charge is 2.34. The molecule has 10 heteroatoms. The number of aryl methyl sites for hydroxylation is 1. The molecule has 4 heterocycles. The van der Waals surface area contributed by atoms with Gasteiger partial charge < -0.3 is 5.32 Å². The van der Waals surface area contributed by atoms with E-state index < -0.39 is 11.9 Å². The summed E-state index contributed by atoms with van der Waals surface area (Å²) in [5.41, 5.74) is -0.725. The van der Waals surface area contributed by atoms with Crippen molar-refractivity contribution in [1.29, 1.82) is 0 Å². The second-order valence-electron chi connectivity index (χ2n) is 5.91. The van der Waals surface area contributed by atoms with Crippen LogP contribution in [0.2, 0.25) is 0 Å². The van der Waals surface area contributed by atoms with E-state index in [2.05, 4.69) is 30.4 Å². The number of rotatable bonds is 3. The minimum atomic E-state index is -4.57. The molecule has 3 aromatic heterocycles. The van der Waals surface area contributed by atoms with Crippen LogP contribution in [0.25, 0.3) is 11.5 Å². The molecule has 26 heavy (non-hydrogen) atoms. The van der Waals surface area contributed by atoms with Crippen molar-refractivity contribution in [2.45, 2.75) is 31.6 Å². The van der Waals surface area contributed by atoms with Gasteiger partial charge in [0.25, 0.3) is 0 Å². The maximum absolute atomic E-state index is 13.2. The van der Waals surface area contributed by atoms with Crippen LogP contribution in [0.4, 0.5) is 19.0 Å². The summed E-state index contributed by atoms with van der Waals surface area (Å²) < 4.78 is 41.5. The molecule has 0 aliphatic carbocycles. The fourth-order valence-corrected chi connectivity index (χ4v) is 2.84. The third kappa shape index (κ3) is 3.35. The molecule has 0 saturated carbocycles. The van der Waals surface area contributed by atoms with E-state index in [1.54, 1.807) is 22.9 Å². The first kappa shape index (κ1) is 16.4. The van der Waals surface area contributed by atoms with Crippen molar-refractivity contribution >= 4 is 5.82 Å². The Morgan fingerprint density at radius 1 is 1.15 bits per heavy atom. The predicted molar refractivity (Wildman–Crippen MR) is 86.0 cm³/mol. The Bertz CT molecular complexity index is 908. The average Bonchev–Trinajstić information content (AvgIpc) is 3.09. The molecule has 1 atom stereocenters. The topological polar surface area (TPSA) is 81.4 Å². The summed E-state index contributed by atoms with van der Waals surface area (Å²) >= 11 is 0. The molecule has 0 fully saturated rings. The van der Waals surface area contributed by atoms with Crippen molar-refractivity contribution < 1.29 is 13.2 Å². The number of aromatic nitrogens is 6.